The Bertz CT molecular complexity index is 1570. The van der Waals surface area contributed by atoms with E-state index in [0.29, 0.717) is 34.6 Å². The van der Waals surface area contributed by atoms with Crippen molar-refractivity contribution >= 4 is 28.9 Å². The molecule has 4 aromatic rings. The molecule has 2 aromatic carbocycles. The fourth-order valence-corrected chi connectivity index (χ4v) is 4.87. The highest BCUT2D eigenvalue weighted by Crippen LogP contribution is 2.31. The highest BCUT2D eigenvalue weighted by molar-refractivity contribution is 5.96. The van der Waals surface area contributed by atoms with Crippen molar-refractivity contribution in [1.29, 1.82) is 0 Å². The van der Waals surface area contributed by atoms with Gasteiger partial charge >= 0.3 is 12.1 Å². The predicted octanol–water partition coefficient (Wildman–Crippen LogP) is 4.19. The summed E-state index contributed by atoms with van der Waals surface area (Å²) in [5.41, 5.74) is 2.38. The Balaban J connectivity index is 1.36. The van der Waals surface area contributed by atoms with E-state index in [2.05, 4.69) is 5.10 Å². The van der Waals surface area contributed by atoms with Crippen molar-refractivity contribution in [3.8, 4) is 17.3 Å². The van der Waals surface area contributed by atoms with Gasteiger partial charge in [0.2, 0.25) is 5.91 Å². The average Bonchev–Trinajstić information content (AvgIpc) is 3.56. The Labute approximate surface area is 236 Å². The number of carbonyl (C=O) groups excluding carboxylic acids is 2. The Morgan fingerprint density at radius 3 is 2.66 bits per heavy atom. The molecule has 0 spiro atoms. The van der Waals surface area contributed by atoms with E-state index >= 15 is 0 Å². The van der Waals surface area contributed by atoms with Crippen molar-refractivity contribution in [3.63, 3.8) is 0 Å². The summed E-state index contributed by atoms with van der Waals surface area (Å²) < 4.78 is 18.3. The molecule has 0 bridgehead atoms. The molecular formula is C30H30N4O7. The smallest absolute Gasteiger partial charge is 0.416 e. The topological polar surface area (TPSA) is 133 Å². The van der Waals surface area contributed by atoms with Gasteiger partial charge in [-0.05, 0) is 43.5 Å². The fourth-order valence-electron chi connectivity index (χ4n) is 4.87. The average molecular weight is 559 g/mol. The van der Waals surface area contributed by atoms with Crippen LogP contribution in [0.4, 0.5) is 4.79 Å². The molecule has 41 heavy (non-hydrogen) atoms. The molecule has 1 fully saturated rings. The standard InChI is InChI=1S/C30H30N4O7/c1-19-10-12-33(32-19)27-17-26(24-9-8-23(39-2)16-25(24)31-27)40-13-11-21(15-28(35)36)29(37)34-22(18-41-30(34)38)14-20-6-4-3-5-7-20/h3-10,12,16-17,21-22H,11,13-15,18H2,1-2H3,(H,35,36)/t21-,22+/m1/s1. The van der Waals surface area contributed by atoms with Crippen molar-refractivity contribution in [1.82, 2.24) is 19.7 Å². The van der Waals surface area contributed by atoms with Crippen LogP contribution in [-0.2, 0) is 20.7 Å². The highest BCUT2D eigenvalue weighted by atomic mass is 16.6. The molecule has 0 saturated carbocycles. The number of carboxylic acid groups (broad SMARTS) is 1. The van der Waals surface area contributed by atoms with Crippen LogP contribution in [0.25, 0.3) is 16.7 Å². The number of carbonyl (C=O) groups is 3. The molecule has 0 unspecified atom stereocenters. The zero-order valence-corrected chi connectivity index (χ0v) is 22.7. The molecule has 1 N–H and O–H groups in total. The number of imide groups is 1. The van der Waals surface area contributed by atoms with E-state index in [4.69, 9.17) is 19.2 Å². The van der Waals surface area contributed by atoms with Crippen LogP contribution >= 0.6 is 0 Å². The fraction of sp³-hybridized carbons (Fsp3) is 0.300. The lowest BCUT2D eigenvalue weighted by atomic mass is 9.98. The van der Waals surface area contributed by atoms with Gasteiger partial charge in [0, 0.05) is 23.7 Å². The maximum Gasteiger partial charge on any atom is 0.416 e. The van der Waals surface area contributed by atoms with Crippen molar-refractivity contribution in [3.05, 3.63) is 78.1 Å². The van der Waals surface area contributed by atoms with E-state index in [-0.39, 0.29) is 19.6 Å². The minimum absolute atomic E-state index is 0.0264. The van der Waals surface area contributed by atoms with Crippen LogP contribution in [0, 0.1) is 12.8 Å². The van der Waals surface area contributed by atoms with Crippen LogP contribution in [0.1, 0.15) is 24.1 Å². The maximum absolute atomic E-state index is 13.5. The third kappa shape index (κ3) is 6.29. The van der Waals surface area contributed by atoms with E-state index in [1.807, 2.05) is 49.4 Å². The molecular weight excluding hydrogens is 528 g/mol. The molecule has 2 aromatic heterocycles. The first kappa shape index (κ1) is 27.6. The summed E-state index contributed by atoms with van der Waals surface area (Å²) in [6, 6.07) is 17.9. The van der Waals surface area contributed by atoms with Crippen molar-refractivity contribution in [2.24, 2.45) is 5.92 Å². The predicted molar refractivity (Wildman–Crippen MR) is 148 cm³/mol. The van der Waals surface area contributed by atoms with E-state index < -0.39 is 36.4 Å². The quantitative estimate of drug-likeness (QED) is 0.288. The lowest BCUT2D eigenvalue weighted by Crippen LogP contribution is -2.44. The van der Waals surface area contributed by atoms with Gasteiger partial charge in [0.05, 0.1) is 43.3 Å². The molecule has 5 rings (SSSR count). The number of rotatable bonds is 11. The third-order valence-corrected chi connectivity index (χ3v) is 6.93. The van der Waals surface area contributed by atoms with Crippen LogP contribution < -0.4 is 9.47 Å². The zero-order chi connectivity index (χ0) is 28.9. The largest absolute Gasteiger partial charge is 0.497 e. The van der Waals surface area contributed by atoms with Gasteiger partial charge in [0.15, 0.2) is 5.82 Å². The van der Waals surface area contributed by atoms with Gasteiger partial charge in [0.25, 0.3) is 0 Å². The number of aryl methyl sites for hydroxylation is 1. The minimum Gasteiger partial charge on any atom is -0.497 e. The van der Waals surface area contributed by atoms with Gasteiger partial charge in [-0.3, -0.25) is 9.59 Å². The molecule has 3 heterocycles. The van der Waals surface area contributed by atoms with Crippen LogP contribution in [0.15, 0.2) is 66.9 Å². The van der Waals surface area contributed by atoms with Crippen molar-refractivity contribution in [2.75, 3.05) is 20.3 Å². The number of fused-ring (bicyclic) bond motifs is 1. The first-order valence-electron chi connectivity index (χ1n) is 13.2. The number of carboxylic acids is 1. The van der Waals surface area contributed by atoms with Crippen LogP contribution in [-0.4, -0.2) is 69.1 Å². The van der Waals surface area contributed by atoms with Gasteiger partial charge in [-0.15, -0.1) is 0 Å². The second kappa shape index (κ2) is 12.1. The van der Waals surface area contributed by atoms with Gasteiger partial charge < -0.3 is 19.3 Å². The summed E-state index contributed by atoms with van der Waals surface area (Å²) in [6.07, 6.45) is 1.06. The number of hydrogen-bond acceptors (Lipinski definition) is 8. The number of amides is 2. The summed E-state index contributed by atoms with van der Waals surface area (Å²) in [7, 11) is 1.57. The molecule has 11 nitrogen and oxygen atoms in total. The number of aliphatic carboxylic acids is 1. The Kier molecular flexibility index (Phi) is 8.14. The monoisotopic (exact) mass is 558 g/mol. The zero-order valence-electron chi connectivity index (χ0n) is 22.7. The van der Waals surface area contributed by atoms with E-state index in [9.17, 15) is 19.5 Å². The molecule has 1 saturated heterocycles. The summed E-state index contributed by atoms with van der Waals surface area (Å²) in [6.45, 7) is 1.95. The number of ether oxygens (including phenoxy) is 3. The lowest BCUT2D eigenvalue weighted by molar-refractivity contribution is -0.144. The molecule has 2 atom stereocenters. The summed E-state index contributed by atoms with van der Waals surface area (Å²) in [5, 5.41) is 14.7. The van der Waals surface area contributed by atoms with Crippen LogP contribution in [0.3, 0.4) is 0 Å². The number of hydrogen-bond donors (Lipinski definition) is 1. The Morgan fingerprint density at radius 2 is 1.95 bits per heavy atom. The SMILES string of the molecule is COc1ccc2c(OCC[C@H](CC(=O)O)C(=O)N3C(=O)OC[C@@H]3Cc3ccccc3)cc(-n3ccc(C)n3)nc2c1. The van der Waals surface area contributed by atoms with E-state index in [1.165, 1.54) is 0 Å². The molecule has 0 radical (unpaired) electrons. The summed E-state index contributed by atoms with van der Waals surface area (Å²) in [4.78, 5) is 43.5. The highest BCUT2D eigenvalue weighted by Gasteiger charge is 2.41. The first-order chi connectivity index (χ1) is 19.8. The summed E-state index contributed by atoms with van der Waals surface area (Å²) >= 11 is 0. The molecule has 2 amide bonds. The van der Waals surface area contributed by atoms with E-state index in [1.54, 1.807) is 36.2 Å². The molecule has 1 aliphatic rings. The summed E-state index contributed by atoms with van der Waals surface area (Å²) in [5.74, 6) is -1.08. The first-order valence-corrected chi connectivity index (χ1v) is 13.2. The Morgan fingerprint density at radius 1 is 1.15 bits per heavy atom. The number of nitrogens with zero attached hydrogens (tertiary/aromatic N) is 4. The Hall–Kier alpha value is -4.93. The molecule has 212 valence electrons. The number of pyridine rings is 1. The lowest BCUT2D eigenvalue weighted by Gasteiger charge is -2.24. The second-order valence-electron chi connectivity index (χ2n) is 9.82. The normalized spacial score (nSPS) is 15.5. The number of methoxy groups -OCH3 is 1. The second-order valence-corrected chi connectivity index (χ2v) is 9.82. The maximum atomic E-state index is 13.5. The van der Waals surface area contributed by atoms with Crippen molar-refractivity contribution in [2.45, 2.75) is 32.2 Å². The van der Waals surface area contributed by atoms with Gasteiger partial charge in [-0.1, -0.05) is 30.3 Å². The third-order valence-electron chi connectivity index (χ3n) is 6.93. The molecule has 0 aliphatic carbocycles. The van der Waals surface area contributed by atoms with Crippen LogP contribution in [0.5, 0.6) is 11.5 Å². The minimum atomic E-state index is -1.15. The number of benzene rings is 2. The van der Waals surface area contributed by atoms with Gasteiger partial charge in [-0.2, -0.15) is 5.10 Å². The van der Waals surface area contributed by atoms with Gasteiger partial charge in [0.1, 0.15) is 18.1 Å². The van der Waals surface area contributed by atoms with E-state index in [0.717, 1.165) is 16.2 Å². The van der Waals surface area contributed by atoms with Crippen molar-refractivity contribution < 1.29 is 33.7 Å². The van der Waals surface area contributed by atoms with Gasteiger partial charge in [-0.25, -0.2) is 19.4 Å². The van der Waals surface area contributed by atoms with Crippen LogP contribution in [0.2, 0.25) is 0 Å². The number of aromatic nitrogens is 3. The molecule has 11 heteroatoms. The number of cyclic esters (lactones) is 1. The molecule has 1 aliphatic heterocycles.